The quantitative estimate of drug-likeness (QED) is 0.347. The summed E-state index contributed by atoms with van der Waals surface area (Å²) in [5.74, 6) is -1.60. The van der Waals surface area contributed by atoms with E-state index >= 15 is 0 Å². The highest BCUT2D eigenvalue weighted by molar-refractivity contribution is 7.09. The summed E-state index contributed by atoms with van der Waals surface area (Å²) in [4.78, 5) is 41.2. The van der Waals surface area contributed by atoms with Crippen molar-refractivity contribution in [3.05, 3.63) is 70.0 Å². The number of hydrogen-bond acceptors (Lipinski definition) is 8. The van der Waals surface area contributed by atoms with E-state index in [4.69, 9.17) is 20.9 Å². The maximum Gasteiger partial charge on any atom is 0.270 e. The van der Waals surface area contributed by atoms with Crippen LogP contribution in [0.2, 0.25) is 0 Å². The fourth-order valence-electron chi connectivity index (χ4n) is 4.68. The number of nitrogens with one attached hydrogen (secondary N) is 1. The van der Waals surface area contributed by atoms with Crippen LogP contribution in [0.5, 0.6) is 11.5 Å². The average molecular weight is 556 g/mol. The Morgan fingerprint density at radius 2 is 1.82 bits per heavy atom. The molecule has 3 aromatic rings. The molecular weight excluding hydrogens is 525 g/mol. The number of hydrogen-bond donors (Lipinski definition) is 3. The lowest BCUT2D eigenvalue weighted by molar-refractivity contribution is -0.126. The maximum absolute atomic E-state index is 14.1. The van der Waals surface area contributed by atoms with E-state index in [1.807, 2.05) is 0 Å². The third-order valence-electron chi connectivity index (χ3n) is 6.68. The van der Waals surface area contributed by atoms with Gasteiger partial charge in [0.15, 0.2) is 5.69 Å². The number of carbonyl (C=O) groups is 3. The van der Waals surface area contributed by atoms with Gasteiger partial charge in [0.2, 0.25) is 5.91 Å². The highest BCUT2D eigenvalue weighted by atomic mass is 32.1. The van der Waals surface area contributed by atoms with Crippen molar-refractivity contribution in [2.45, 2.75) is 44.3 Å². The number of nitrogens with zero attached hydrogens (tertiary/aromatic N) is 2. The van der Waals surface area contributed by atoms with Crippen molar-refractivity contribution in [2.24, 2.45) is 5.73 Å². The molecule has 4 rings (SSSR count). The van der Waals surface area contributed by atoms with E-state index in [1.165, 1.54) is 43.4 Å². The van der Waals surface area contributed by atoms with Gasteiger partial charge in [0.1, 0.15) is 28.2 Å². The number of anilines is 1. The number of benzene rings is 2. The summed E-state index contributed by atoms with van der Waals surface area (Å²) in [5, 5.41) is 3.08. The first-order chi connectivity index (χ1) is 18.7. The molecule has 0 spiro atoms. The van der Waals surface area contributed by atoms with Crippen LogP contribution in [-0.2, 0) is 11.3 Å². The third kappa shape index (κ3) is 6.11. The number of methoxy groups -OCH3 is 2. The molecule has 1 aromatic heterocycles. The van der Waals surface area contributed by atoms with Gasteiger partial charge in [0, 0.05) is 18.2 Å². The minimum atomic E-state index is -1.20. The molecule has 0 saturated heterocycles. The van der Waals surface area contributed by atoms with Crippen LogP contribution in [0.3, 0.4) is 0 Å². The Morgan fingerprint density at radius 1 is 1.13 bits per heavy atom. The Hall–Kier alpha value is -4.19. The van der Waals surface area contributed by atoms with Crippen LogP contribution in [0.4, 0.5) is 10.1 Å². The zero-order valence-electron chi connectivity index (χ0n) is 21.6. The van der Waals surface area contributed by atoms with Crippen molar-refractivity contribution >= 4 is 34.9 Å². The second-order valence-corrected chi connectivity index (χ2v) is 9.97. The Morgan fingerprint density at radius 3 is 2.41 bits per heavy atom. The highest BCUT2D eigenvalue weighted by Gasteiger charge is 2.37. The summed E-state index contributed by atoms with van der Waals surface area (Å²) in [7, 11) is 2.95. The van der Waals surface area contributed by atoms with Crippen molar-refractivity contribution < 1.29 is 28.2 Å². The molecule has 0 unspecified atom stereocenters. The molecule has 0 radical (unpaired) electrons. The van der Waals surface area contributed by atoms with Gasteiger partial charge in [-0.05, 0) is 60.3 Å². The van der Waals surface area contributed by atoms with Crippen LogP contribution in [0.25, 0.3) is 0 Å². The normalized spacial score (nSPS) is 14.0. The largest absolute Gasteiger partial charge is 0.497 e. The van der Waals surface area contributed by atoms with Crippen LogP contribution in [0.1, 0.15) is 63.0 Å². The zero-order valence-corrected chi connectivity index (χ0v) is 22.4. The summed E-state index contributed by atoms with van der Waals surface area (Å²) in [6, 6.07) is 9.30. The van der Waals surface area contributed by atoms with Gasteiger partial charge >= 0.3 is 0 Å². The number of rotatable bonds is 10. The molecule has 1 heterocycles. The summed E-state index contributed by atoms with van der Waals surface area (Å²) in [6.45, 7) is -0.0918. The number of amides is 3. The van der Waals surface area contributed by atoms with E-state index in [2.05, 4.69) is 9.69 Å². The molecule has 1 fully saturated rings. The molecule has 0 aliphatic heterocycles. The lowest BCUT2D eigenvalue weighted by Gasteiger charge is -2.33. The molecule has 1 aliphatic carbocycles. The predicted octanol–water partition coefficient (Wildman–Crippen LogP) is 3.42. The van der Waals surface area contributed by atoms with Crippen LogP contribution >= 0.6 is 11.5 Å². The lowest BCUT2D eigenvalue weighted by Crippen LogP contribution is -2.46. The Kier molecular flexibility index (Phi) is 8.65. The van der Waals surface area contributed by atoms with E-state index in [9.17, 15) is 18.8 Å². The number of halogens is 1. The summed E-state index contributed by atoms with van der Waals surface area (Å²) in [5.41, 5.74) is 12.0. The molecule has 12 heteroatoms. The Labute approximate surface area is 229 Å². The summed E-state index contributed by atoms with van der Waals surface area (Å²) < 4.78 is 28.7. The van der Waals surface area contributed by atoms with E-state index in [0.29, 0.717) is 34.2 Å². The molecule has 2 aromatic carbocycles. The molecule has 10 nitrogen and oxygen atoms in total. The van der Waals surface area contributed by atoms with Crippen molar-refractivity contribution in [3.63, 3.8) is 0 Å². The first-order valence-electron chi connectivity index (χ1n) is 12.4. The van der Waals surface area contributed by atoms with Gasteiger partial charge in [-0.1, -0.05) is 25.0 Å². The van der Waals surface area contributed by atoms with Gasteiger partial charge in [-0.25, -0.2) is 4.39 Å². The number of ether oxygens (including phenoxy) is 2. The van der Waals surface area contributed by atoms with Crippen LogP contribution in [-0.4, -0.2) is 47.3 Å². The second-order valence-electron chi connectivity index (χ2n) is 9.20. The van der Waals surface area contributed by atoms with Crippen molar-refractivity contribution in [1.29, 1.82) is 0 Å². The maximum atomic E-state index is 14.1. The molecule has 3 amide bonds. The summed E-state index contributed by atoms with van der Waals surface area (Å²) in [6.07, 6.45) is 3.62. The van der Waals surface area contributed by atoms with Gasteiger partial charge in [-0.3, -0.25) is 14.4 Å². The van der Waals surface area contributed by atoms with Gasteiger partial charge in [0.25, 0.3) is 11.8 Å². The Balaban J connectivity index is 1.87. The highest BCUT2D eigenvalue weighted by Crippen LogP contribution is 2.37. The molecule has 206 valence electrons. The van der Waals surface area contributed by atoms with Gasteiger partial charge in [0.05, 0.1) is 19.9 Å². The smallest absolute Gasteiger partial charge is 0.270 e. The minimum Gasteiger partial charge on any atom is -0.497 e. The van der Waals surface area contributed by atoms with Crippen LogP contribution in [0, 0.1) is 5.82 Å². The minimum absolute atomic E-state index is 0.0469. The van der Waals surface area contributed by atoms with E-state index in [1.54, 1.807) is 18.2 Å². The number of primary amides is 1. The first-order valence-corrected chi connectivity index (χ1v) is 13.1. The standard InChI is InChI=1S/C27H30FN5O5S/c1-37-18-11-12-20(38-2)19(13-18)23(26(35)31-17-5-3-4-6-17)33(14-15-7-9-16(28)10-8-15)27(36)24-21(29)22(25(30)34)32-39-24/h7-13,17,23H,3-6,14,29H2,1-2H3,(H2,30,34)(H,31,35)/t23-/m1/s1. The van der Waals surface area contributed by atoms with Crippen molar-refractivity contribution in [3.8, 4) is 11.5 Å². The first kappa shape index (κ1) is 27.8. The molecule has 39 heavy (non-hydrogen) atoms. The lowest BCUT2D eigenvalue weighted by atomic mass is 10.00. The molecule has 1 atom stereocenters. The molecule has 1 aliphatic rings. The third-order valence-corrected chi connectivity index (χ3v) is 7.53. The molecular formula is C27H30FN5O5S. The van der Waals surface area contributed by atoms with Crippen LogP contribution < -0.4 is 26.3 Å². The predicted molar refractivity (Wildman–Crippen MR) is 144 cm³/mol. The van der Waals surface area contributed by atoms with E-state index in [0.717, 1.165) is 25.7 Å². The summed E-state index contributed by atoms with van der Waals surface area (Å²) >= 11 is 0.714. The number of aromatic nitrogens is 1. The monoisotopic (exact) mass is 555 g/mol. The molecule has 1 saturated carbocycles. The number of nitrogen functional groups attached to an aromatic ring is 1. The zero-order chi connectivity index (χ0) is 28.1. The van der Waals surface area contributed by atoms with Gasteiger partial charge in [-0.2, -0.15) is 4.37 Å². The number of nitrogens with two attached hydrogens (primary N) is 2. The topological polar surface area (TPSA) is 150 Å². The SMILES string of the molecule is COc1ccc(OC)c([C@H](C(=O)NC2CCCC2)N(Cc2ccc(F)cc2)C(=O)c2snc(C(N)=O)c2N)c1. The van der Waals surface area contributed by atoms with Gasteiger partial charge < -0.3 is 31.2 Å². The van der Waals surface area contributed by atoms with E-state index < -0.39 is 29.6 Å². The van der Waals surface area contributed by atoms with E-state index in [-0.39, 0.29) is 28.8 Å². The molecule has 0 bridgehead atoms. The Bertz CT molecular complexity index is 1360. The fraction of sp³-hybridized carbons (Fsp3) is 0.333. The van der Waals surface area contributed by atoms with Crippen molar-refractivity contribution in [1.82, 2.24) is 14.6 Å². The number of carbonyl (C=O) groups excluding carboxylic acids is 3. The second kappa shape index (κ2) is 12.1. The fourth-order valence-corrected chi connectivity index (χ4v) is 5.44. The van der Waals surface area contributed by atoms with Crippen molar-refractivity contribution in [2.75, 3.05) is 20.0 Å². The average Bonchev–Trinajstić information content (AvgIpc) is 3.58. The molecule has 5 N–H and O–H groups in total. The van der Waals surface area contributed by atoms with Crippen LogP contribution in [0.15, 0.2) is 42.5 Å². The van der Waals surface area contributed by atoms with Gasteiger partial charge in [-0.15, -0.1) is 0 Å².